The number of benzene rings is 1. The van der Waals surface area contributed by atoms with Crippen LogP contribution in [0.2, 0.25) is 0 Å². The fourth-order valence-electron chi connectivity index (χ4n) is 1.74. The third-order valence-electron chi connectivity index (χ3n) is 2.54. The molecule has 2 aromatic heterocycles. The van der Waals surface area contributed by atoms with Gasteiger partial charge >= 0.3 is 0 Å². The van der Waals surface area contributed by atoms with E-state index in [1.165, 1.54) is 12.1 Å². The van der Waals surface area contributed by atoms with Crippen LogP contribution in [-0.4, -0.2) is 0 Å². The molecule has 0 aliphatic heterocycles. The Morgan fingerprint density at radius 2 is 1.88 bits per heavy atom. The first-order valence-corrected chi connectivity index (χ1v) is 6.65. The predicted molar refractivity (Wildman–Crippen MR) is 69.8 cm³/mol. The lowest BCUT2D eigenvalue weighted by molar-refractivity contribution is 0.628. The average Bonchev–Trinajstić information content (AvgIpc) is 2.89. The fraction of sp³-hybridized carbons (Fsp3) is 0. The van der Waals surface area contributed by atoms with Crippen molar-refractivity contribution in [1.82, 2.24) is 0 Å². The van der Waals surface area contributed by atoms with Gasteiger partial charge in [0, 0.05) is 5.39 Å². The number of rotatable bonds is 1. The summed E-state index contributed by atoms with van der Waals surface area (Å²) in [6.07, 6.45) is 0. The van der Waals surface area contributed by atoms with Crippen molar-refractivity contribution < 1.29 is 4.39 Å². The van der Waals surface area contributed by atoms with Crippen LogP contribution in [0.25, 0.3) is 19.8 Å². The third kappa shape index (κ3) is 1.64. The van der Waals surface area contributed by atoms with Crippen molar-refractivity contribution in [3.63, 3.8) is 0 Å². The lowest BCUT2D eigenvalue weighted by Gasteiger charge is -1.97. The summed E-state index contributed by atoms with van der Waals surface area (Å²) in [5, 5.41) is 12.2. The Hall–Kier alpha value is -1.70. The van der Waals surface area contributed by atoms with E-state index in [0.717, 1.165) is 19.8 Å². The minimum absolute atomic E-state index is 0.259. The van der Waals surface area contributed by atoms with Crippen LogP contribution in [0.15, 0.2) is 35.7 Å². The Morgan fingerprint density at radius 3 is 2.59 bits per heavy atom. The molecular formula is C13H6FNS2. The second-order valence-electron chi connectivity index (χ2n) is 3.55. The molecule has 0 saturated heterocycles. The molecule has 82 valence electrons. The van der Waals surface area contributed by atoms with Gasteiger partial charge in [0.1, 0.15) is 11.9 Å². The maximum atomic E-state index is 12.9. The van der Waals surface area contributed by atoms with Crippen LogP contribution in [-0.2, 0) is 0 Å². The van der Waals surface area contributed by atoms with Gasteiger partial charge in [-0.1, -0.05) is 12.1 Å². The largest absolute Gasteiger partial charge is 0.207 e. The summed E-state index contributed by atoms with van der Waals surface area (Å²) < 4.78 is 14.0. The summed E-state index contributed by atoms with van der Waals surface area (Å²) in [5.74, 6) is -0.259. The zero-order valence-electron chi connectivity index (χ0n) is 8.61. The van der Waals surface area contributed by atoms with Crippen LogP contribution in [0.3, 0.4) is 0 Å². The zero-order valence-corrected chi connectivity index (χ0v) is 10.2. The molecule has 0 aliphatic rings. The highest BCUT2D eigenvalue weighted by Crippen LogP contribution is 2.40. The summed E-state index contributed by atoms with van der Waals surface area (Å²) in [7, 11) is 0. The van der Waals surface area contributed by atoms with E-state index in [4.69, 9.17) is 0 Å². The number of hydrogen-bond acceptors (Lipinski definition) is 3. The van der Waals surface area contributed by atoms with E-state index in [2.05, 4.69) is 6.07 Å². The van der Waals surface area contributed by atoms with Crippen molar-refractivity contribution in [2.45, 2.75) is 0 Å². The predicted octanol–water partition coefficient (Wildman–Crippen LogP) is 4.64. The number of nitrogens with zero attached hydrogens (tertiary/aromatic N) is 1. The van der Waals surface area contributed by atoms with Gasteiger partial charge in [0.15, 0.2) is 0 Å². The summed E-state index contributed by atoms with van der Waals surface area (Å²) in [4.78, 5) is 0.925. The smallest absolute Gasteiger partial charge is 0.123 e. The number of halogens is 1. The van der Waals surface area contributed by atoms with Crippen LogP contribution in [0.4, 0.5) is 4.39 Å². The molecule has 0 amide bonds. The number of thiophene rings is 2. The Bertz CT molecular complexity index is 716. The number of nitriles is 1. The molecule has 2 heterocycles. The molecule has 0 spiro atoms. The Balaban J connectivity index is 2.26. The van der Waals surface area contributed by atoms with Gasteiger partial charge in [-0.05, 0) is 29.1 Å². The van der Waals surface area contributed by atoms with Crippen molar-refractivity contribution in [1.29, 1.82) is 5.26 Å². The highest BCUT2D eigenvalue weighted by Gasteiger charge is 2.14. The highest BCUT2D eigenvalue weighted by molar-refractivity contribution is 7.39. The van der Waals surface area contributed by atoms with Crippen molar-refractivity contribution in [3.05, 3.63) is 47.1 Å². The van der Waals surface area contributed by atoms with Crippen LogP contribution in [0.1, 0.15) is 5.56 Å². The van der Waals surface area contributed by atoms with Crippen molar-refractivity contribution in [2.75, 3.05) is 0 Å². The molecule has 0 bridgehead atoms. The SMILES string of the molecule is N#Cc1c(-c2ccc(F)cc2)sc2sccc12. The van der Waals surface area contributed by atoms with Crippen LogP contribution in [0, 0.1) is 17.1 Å². The molecule has 0 aliphatic carbocycles. The molecule has 1 aromatic carbocycles. The topological polar surface area (TPSA) is 23.8 Å². The molecule has 0 fully saturated rings. The van der Waals surface area contributed by atoms with Gasteiger partial charge in [0.25, 0.3) is 0 Å². The molecule has 0 radical (unpaired) electrons. The molecular weight excluding hydrogens is 253 g/mol. The lowest BCUT2D eigenvalue weighted by atomic mass is 10.1. The van der Waals surface area contributed by atoms with Gasteiger partial charge in [-0.3, -0.25) is 0 Å². The van der Waals surface area contributed by atoms with Gasteiger partial charge in [-0.25, -0.2) is 4.39 Å². The van der Waals surface area contributed by atoms with Gasteiger partial charge in [-0.2, -0.15) is 5.26 Å². The van der Waals surface area contributed by atoms with Crippen LogP contribution in [0.5, 0.6) is 0 Å². The Labute approximate surface area is 105 Å². The first kappa shape index (κ1) is 10.5. The van der Waals surface area contributed by atoms with Crippen molar-refractivity contribution >= 4 is 32.1 Å². The molecule has 3 aromatic rings. The minimum Gasteiger partial charge on any atom is -0.207 e. The van der Waals surface area contributed by atoms with Crippen molar-refractivity contribution in [3.8, 4) is 16.5 Å². The van der Waals surface area contributed by atoms with E-state index < -0.39 is 0 Å². The first-order valence-electron chi connectivity index (χ1n) is 4.95. The summed E-state index contributed by atoms with van der Waals surface area (Å²) in [6, 6.07) is 10.5. The second-order valence-corrected chi connectivity index (χ2v) is 5.74. The molecule has 4 heteroatoms. The van der Waals surface area contributed by atoms with E-state index in [9.17, 15) is 9.65 Å². The fourth-order valence-corrected chi connectivity index (χ4v) is 3.95. The summed E-state index contributed by atoms with van der Waals surface area (Å²) in [6.45, 7) is 0. The van der Waals surface area contributed by atoms with E-state index in [-0.39, 0.29) is 5.82 Å². The zero-order chi connectivity index (χ0) is 11.8. The number of fused-ring (bicyclic) bond motifs is 1. The number of hydrogen-bond donors (Lipinski definition) is 0. The molecule has 17 heavy (non-hydrogen) atoms. The van der Waals surface area contributed by atoms with Crippen molar-refractivity contribution in [2.24, 2.45) is 0 Å². The summed E-state index contributed by atoms with van der Waals surface area (Å²) in [5.41, 5.74) is 1.59. The monoisotopic (exact) mass is 259 g/mol. The van der Waals surface area contributed by atoms with E-state index >= 15 is 0 Å². The molecule has 0 atom stereocenters. The Morgan fingerprint density at radius 1 is 1.12 bits per heavy atom. The maximum absolute atomic E-state index is 12.9. The van der Waals surface area contributed by atoms with E-state index in [1.54, 1.807) is 34.8 Å². The average molecular weight is 259 g/mol. The quantitative estimate of drug-likeness (QED) is 0.624. The van der Waals surface area contributed by atoms with Gasteiger partial charge in [0.05, 0.1) is 14.5 Å². The molecule has 0 unspecified atom stereocenters. The van der Waals surface area contributed by atoms with Gasteiger partial charge < -0.3 is 0 Å². The van der Waals surface area contributed by atoms with E-state index in [0.29, 0.717) is 5.56 Å². The standard InChI is InChI=1S/C13H6FNS2/c14-9-3-1-8(2-4-9)12-11(7-15)10-5-6-16-13(10)17-12/h1-6H. The summed E-state index contributed by atoms with van der Waals surface area (Å²) >= 11 is 3.22. The first-order chi connectivity index (χ1) is 8.29. The second kappa shape index (κ2) is 3.95. The molecule has 3 rings (SSSR count). The molecule has 1 nitrogen and oxygen atoms in total. The Kier molecular flexibility index (Phi) is 2.43. The van der Waals surface area contributed by atoms with Crippen LogP contribution < -0.4 is 0 Å². The lowest BCUT2D eigenvalue weighted by Crippen LogP contribution is -1.78. The van der Waals surface area contributed by atoms with Gasteiger partial charge in [0.2, 0.25) is 0 Å². The van der Waals surface area contributed by atoms with Gasteiger partial charge in [-0.15, -0.1) is 22.7 Å². The maximum Gasteiger partial charge on any atom is 0.123 e. The van der Waals surface area contributed by atoms with E-state index in [1.807, 2.05) is 11.4 Å². The minimum atomic E-state index is -0.259. The van der Waals surface area contributed by atoms with Crippen LogP contribution >= 0.6 is 22.7 Å². The normalized spacial score (nSPS) is 10.6. The molecule has 0 N–H and O–H groups in total. The molecule has 0 saturated carbocycles. The third-order valence-corrected chi connectivity index (χ3v) is 4.83. The highest BCUT2D eigenvalue weighted by atomic mass is 32.2.